The first-order valence-corrected chi connectivity index (χ1v) is 9.87. The summed E-state index contributed by atoms with van der Waals surface area (Å²) in [6.07, 6.45) is 2.66. The van der Waals surface area contributed by atoms with Gasteiger partial charge in [-0.3, -0.25) is 4.90 Å². The minimum atomic E-state index is 0.792. The van der Waals surface area contributed by atoms with Gasteiger partial charge in [-0.25, -0.2) is 4.98 Å². The van der Waals surface area contributed by atoms with Gasteiger partial charge in [0.25, 0.3) is 0 Å². The van der Waals surface area contributed by atoms with Crippen molar-refractivity contribution in [2.45, 2.75) is 13.0 Å². The molecule has 0 spiro atoms. The summed E-state index contributed by atoms with van der Waals surface area (Å²) < 4.78 is 0. The topological polar surface area (TPSA) is 19.4 Å². The van der Waals surface area contributed by atoms with Crippen LogP contribution in [-0.4, -0.2) is 36.1 Å². The van der Waals surface area contributed by atoms with E-state index >= 15 is 0 Å². The Morgan fingerprint density at radius 3 is 2.36 bits per heavy atom. The number of nitrogens with zero attached hydrogens (tertiary/aromatic N) is 3. The van der Waals surface area contributed by atoms with Gasteiger partial charge in [-0.15, -0.1) is 0 Å². The average Bonchev–Trinajstić information content (AvgIpc) is 2.76. The van der Waals surface area contributed by atoms with E-state index < -0.39 is 0 Å². The number of hydrogen-bond acceptors (Lipinski definition) is 3. The lowest BCUT2D eigenvalue weighted by atomic mass is 10.1. The molecule has 0 unspecified atom stereocenters. The summed E-state index contributed by atoms with van der Waals surface area (Å²) in [6, 6.07) is 25.2. The van der Waals surface area contributed by atoms with Crippen molar-refractivity contribution in [3.05, 3.63) is 95.7 Å². The Morgan fingerprint density at radius 1 is 0.786 bits per heavy atom. The molecule has 0 atom stereocenters. The quantitative estimate of drug-likeness (QED) is 0.650. The van der Waals surface area contributed by atoms with E-state index in [9.17, 15) is 0 Å². The highest BCUT2D eigenvalue weighted by Gasteiger charge is 2.17. The highest BCUT2D eigenvalue weighted by Crippen LogP contribution is 2.15. The summed E-state index contributed by atoms with van der Waals surface area (Å²) in [5.74, 6) is 7.69. The lowest BCUT2D eigenvalue weighted by Gasteiger charge is -2.35. The van der Waals surface area contributed by atoms with Crippen LogP contribution in [0.3, 0.4) is 0 Å². The van der Waals surface area contributed by atoms with Crippen LogP contribution in [0.15, 0.2) is 79.0 Å². The second kappa shape index (κ2) is 9.21. The Morgan fingerprint density at radius 2 is 1.57 bits per heavy atom. The predicted molar refractivity (Wildman–Crippen MR) is 115 cm³/mol. The molecule has 2 heterocycles. The van der Waals surface area contributed by atoms with Crippen molar-refractivity contribution >= 4 is 5.82 Å². The first-order chi connectivity index (χ1) is 13.9. The predicted octanol–water partition coefficient (Wildman–Crippen LogP) is 4.00. The van der Waals surface area contributed by atoms with Gasteiger partial charge in [0.1, 0.15) is 5.82 Å². The van der Waals surface area contributed by atoms with Crippen LogP contribution in [0.1, 0.15) is 16.7 Å². The summed E-state index contributed by atoms with van der Waals surface area (Å²) >= 11 is 0. The molecule has 0 amide bonds. The zero-order chi connectivity index (χ0) is 19.0. The highest BCUT2D eigenvalue weighted by molar-refractivity contribution is 5.39. The van der Waals surface area contributed by atoms with Crippen molar-refractivity contribution < 1.29 is 0 Å². The van der Waals surface area contributed by atoms with Crippen molar-refractivity contribution in [1.29, 1.82) is 0 Å². The van der Waals surface area contributed by atoms with Gasteiger partial charge >= 0.3 is 0 Å². The molecule has 1 aromatic heterocycles. The normalized spacial score (nSPS) is 14.4. The first kappa shape index (κ1) is 18.3. The minimum Gasteiger partial charge on any atom is -0.354 e. The maximum atomic E-state index is 4.47. The summed E-state index contributed by atoms with van der Waals surface area (Å²) in [5.41, 5.74) is 3.69. The third-order valence-electron chi connectivity index (χ3n) is 5.05. The van der Waals surface area contributed by atoms with Gasteiger partial charge in [0.15, 0.2) is 0 Å². The third kappa shape index (κ3) is 5.00. The summed E-state index contributed by atoms with van der Waals surface area (Å²) in [7, 11) is 0. The molecule has 0 aliphatic carbocycles. The molecular weight excluding hydrogens is 342 g/mol. The van der Waals surface area contributed by atoms with E-state index in [0.717, 1.165) is 50.5 Å². The molecule has 3 nitrogen and oxygen atoms in total. The molecule has 0 N–H and O–H groups in total. The fraction of sp³-hybridized carbons (Fsp3) is 0.240. The fourth-order valence-electron chi connectivity index (χ4n) is 3.53. The van der Waals surface area contributed by atoms with Gasteiger partial charge in [0.05, 0.1) is 0 Å². The highest BCUT2D eigenvalue weighted by atomic mass is 15.3. The molecule has 1 saturated heterocycles. The minimum absolute atomic E-state index is 0.792. The molecule has 3 heteroatoms. The smallest absolute Gasteiger partial charge is 0.128 e. The second-order valence-electron chi connectivity index (χ2n) is 7.12. The zero-order valence-corrected chi connectivity index (χ0v) is 16.1. The number of benzene rings is 2. The van der Waals surface area contributed by atoms with Crippen molar-refractivity contribution in [3.8, 4) is 11.8 Å². The Labute approximate surface area is 167 Å². The monoisotopic (exact) mass is 367 g/mol. The number of hydrogen-bond donors (Lipinski definition) is 0. The van der Waals surface area contributed by atoms with E-state index in [1.807, 2.05) is 18.3 Å². The molecular formula is C25H25N3. The van der Waals surface area contributed by atoms with E-state index in [4.69, 9.17) is 0 Å². The van der Waals surface area contributed by atoms with Gasteiger partial charge in [-0.05, 0) is 35.4 Å². The molecule has 140 valence electrons. The van der Waals surface area contributed by atoms with Crippen molar-refractivity contribution in [1.82, 2.24) is 9.88 Å². The van der Waals surface area contributed by atoms with Crippen molar-refractivity contribution in [2.24, 2.45) is 0 Å². The number of anilines is 1. The van der Waals surface area contributed by atoms with E-state index in [1.54, 1.807) is 0 Å². The number of rotatable bonds is 4. The summed E-state index contributed by atoms with van der Waals surface area (Å²) in [5, 5.41) is 0. The van der Waals surface area contributed by atoms with Crippen LogP contribution < -0.4 is 4.90 Å². The number of piperazine rings is 1. The molecule has 1 aliphatic heterocycles. The molecule has 0 saturated carbocycles. The zero-order valence-electron chi connectivity index (χ0n) is 16.1. The van der Waals surface area contributed by atoms with E-state index in [-0.39, 0.29) is 0 Å². The lowest BCUT2D eigenvalue weighted by Crippen LogP contribution is -2.46. The van der Waals surface area contributed by atoms with Gasteiger partial charge in [-0.2, -0.15) is 0 Å². The van der Waals surface area contributed by atoms with Crippen LogP contribution in [0, 0.1) is 11.8 Å². The van der Waals surface area contributed by atoms with Crippen LogP contribution >= 0.6 is 0 Å². The number of aromatic nitrogens is 1. The Kier molecular flexibility index (Phi) is 6.01. The Bertz CT molecular complexity index is 934. The van der Waals surface area contributed by atoms with Gasteiger partial charge < -0.3 is 4.90 Å². The lowest BCUT2D eigenvalue weighted by molar-refractivity contribution is 0.249. The molecule has 1 fully saturated rings. The molecule has 1 aliphatic rings. The average molecular weight is 367 g/mol. The molecule has 0 radical (unpaired) electrons. The van der Waals surface area contributed by atoms with E-state index in [2.05, 4.69) is 87.3 Å². The van der Waals surface area contributed by atoms with Crippen LogP contribution in [0.4, 0.5) is 5.82 Å². The van der Waals surface area contributed by atoms with Gasteiger partial charge in [0.2, 0.25) is 0 Å². The molecule has 2 aromatic carbocycles. The van der Waals surface area contributed by atoms with Crippen LogP contribution in [0.25, 0.3) is 0 Å². The summed E-state index contributed by atoms with van der Waals surface area (Å²) in [6.45, 7) is 5.13. The van der Waals surface area contributed by atoms with Crippen LogP contribution in [0.5, 0.6) is 0 Å². The van der Waals surface area contributed by atoms with E-state index in [1.165, 1.54) is 11.1 Å². The largest absolute Gasteiger partial charge is 0.354 e. The van der Waals surface area contributed by atoms with Crippen molar-refractivity contribution in [2.75, 3.05) is 31.1 Å². The Balaban J connectivity index is 1.32. The SMILES string of the molecule is C(#Cc1cccc(CN2CCN(c3ccccn3)CC2)c1)Cc1ccccc1. The second-order valence-corrected chi connectivity index (χ2v) is 7.12. The first-order valence-electron chi connectivity index (χ1n) is 9.87. The van der Waals surface area contributed by atoms with E-state index in [0.29, 0.717) is 0 Å². The fourth-order valence-corrected chi connectivity index (χ4v) is 3.53. The molecule has 28 heavy (non-hydrogen) atoms. The molecule has 4 rings (SSSR count). The third-order valence-corrected chi connectivity index (χ3v) is 5.05. The van der Waals surface area contributed by atoms with Gasteiger partial charge in [-0.1, -0.05) is 60.4 Å². The molecule has 3 aromatic rings. The maximum Gasteiger partial charge on any atom is 0.128 e. The molecule has 0 bridgehead atoms. The standard InChI is InChI=1S/C25H25N3/c1-2-8-22(9-3-1)10-6-11-23-12-7-13-24(20-23)21-27-16-18-28(19-17-27)25-14-4-5-15-26-25/h1-5,7-9,12-15,20H,10,16-19,21H2. The van der Waals surface area contributed by atoms with Crippen LogP contribution in [-0.2, 0) is 13.0 Å². The van der Waals surface area contributed by atoms with Crippen molar-refractivity contribution in [3.63, 3.8) is 0 Å². The van der Waals surface area contributed by atoms with Gasteiger partial charge in [0, 0.05) is 50.9 Å². The van der Waals surface area contributed by atoms with Crippen LogP contribution in [0.2, 0.25) is 0 Å². The Hall–Kier alpha value is -3.09. The summed E-state index contributed by atoms with van der Waals surface area (Å²) in [4.78, 5) is 9.34. The maximum absolute atomic E-state index is 4.47. The number of pyridine rings is 1.